The third-order valence-corrected chi connectivity index (χ3v) is 2.84. The van der Waals surface area contributed by atoms with Gasteiger partial charge in [-0.3, -0.25) is 0 Å². The van der Waals surface area contributed by atoms with E-state index in [0.717, 1.165) is 16.7 Å². The lowest BCUT2D eigenvalue weighted by Crippen LogP contribution is -1.85. The van der Waals surface area contributed by atoms with Crippen LogP contribution in [0.25, 0.3) is 11.6 Å². The van der Waals surface area contributed by atoms with Gasteiger partial charge in [-0.15, -0.1) is 0 Å². The molecule has 0 unspecified atom stereocenters. The summed E-state index contributed by atoms with van der Waals surface area (Å²) in [5.41, 5.74) is 3.16. The Hall–Kier alpha value is -1.34. The van der Waals surface area contributed by atoms with Gasteiger partial charge in [0, 0.05) is 6.68 Å². The van der Waals surface area contributed by atoms with Crippen LogP contribution in [0, 0.1) is 0 Å². The lowest BCUT2D eigenvalue weighted by atomic mass is 10.0. The Kier molecular flexibility index (Phi) is 3.49. The van der Waals surface area contributed by atoms with Crippen LogP contribution in [-0.2, 0) is 0 Å². The molecule has 0 amide bonds. The molecule has 0 nitrogen and oxygen atoms in total. The first kappa shape index (κ1) is 9.86. The second-order valence-corrected chi connectivity index (χ2v) is 3.94. The molecule has 16 heavy (non-hydrogen) atoms. The van der Waals surface area contributed by atoms with E-state index in [0.29, 0.717) is 0 Å². The van der Waals surface area contributed by atoms with Gasteiger partial charge >= 0.3 is 0 Å². The lowest BCUT2D eigenvalue weighted by molar-refractivity contribution is 1.58. The van der Waals surface area contributed by atoms with Gasteiger partial charge in [-0.1, -0.05) is 82.7 Å². The van der Waals surface area contributed by atoms with Crippen LogP contribution < -0.4 is 0 Å². The van der Waals surface area contributed by atoms with Crippen LogP contribution >= 0.6 is 15.9 Å². The third kappa shape index (κ3) is 2.83. The summed E-state index contributed by atoms with van der Waals surface area (Å²) in [6.07, 6.45) is 2.04. The largest absolute Gasteiger partial charge is 0.0876 e. The van der Waals surface area contributed by atoms with Crippen LogP contribution in [0.2, 0.25) is 0 Å². The standard InChI is InChI=1S/C15H13Br/c16-12-15(14-9-5-2-6-10-14)11-13-7-3-1-4-8-13/h1-11H,12H2/b15-11-/i12D/t12-/m1/s1. The summed E-state index contributed by atoms with van der Waals surface area (Å²) in [6.45, 7) is 0. The van der Waals surface area contributed by atoms with Crippen LogP contribution in [0.15, 0.2) is 60.7 Å². The molecular weight excluding hydrogens is 260 g/mol. The van der Waals surface area contributed by atoms with E-state index >= 15 is 0 Å². The first-order valence-electron chi connectivity index (χ1n) is 5.73. The minimum atomic E-state index is -0.412. The molecule has 2 aromatic rings. The molecule has 0 N–H and O–H groups in total. The van der Waals surface area contributed by atoms with Gasteiger partial charge in [-0.05, 0) is 16.7 Å². The summed E-state index contributed by atoms with van der Waals surface area (Å²) >= 11 is 3.33. The van der Waals surface area contributed by atoms with Gasteiger partial charge in [-0.2, -0.15) is 0 Å². The van der Waals surface area contributed by atoms with E-state index in [1.54, 1.807) is 0 Å². The fourth-order valence-corrected chi connectivity index (χ4v) is 1.93. The molecule has 0 aliphatic heterocycles. The van der Waals surface area contributed by atoms with Crippen molar-refractivity contribution in [3.8, 4) is 0 Å². The van der Waals surface area contributed by atoms with Crippen LogP contribution in [0.5, 0.6) is 0 Å². The van der Waals surface area contributed by atoms with E-state index in [9.17, 15) is 0 Å². The van der Waals surface area contributed by atoms with Crippen molar-refractivity contribution in [3.63, 3.8) is 0 Å². The molecule has 0 aromatic heterocycles. The highest BCUT2D eigenvalue weighted by Crippen LogP contribution is 2.19. The fraction of sp³-hybridized carbons (Fsp3) is 0.0667. The first-order valence-corrected chi connectivity index (χ1v) is 6.07. The molecule has 2 rings (SSSR count). The van der Waals surface area contributed by atoms with Crippen LogP contribution in [0.3, 0.4) is 0 Å². The second kappa shape index (κ2) is 5.66. The molecule has 1 heteroatoms. The predicted octanol–water partition coefficient (Wildman–Crippen LogP) is 4.62. The smallest absolute Gasteiger partial charge is 0.0437 e. The molecule has 1 atom stereocenters. The molecule has 80 valence electrons. The molecule has 0 saturated carbocycles. The van der Waals surface area contributed by atoms with Gasteiger partial charge in [0.25, 0.3) is 0 Å². The molecule has 0 saturated heterocycles. The first-order chi connectivity index (χ1) is 8.27. The Morgan fingerprint density at radius 3 is 2.12 bits per heavy atom. The minimum Gasteiger partial charge on any atom is -0.0876 e. The van der Waals surface area contributed by atoms with Crippen molar-refractivity contribution < 1.29 is 1.37 Å². The highest BCUT2D eigenvalue weighted by atomic mass is 79.9. The van der Waals surface area contributed by atoms with Gasteiger partial charge in [0.15, 0.2) is 0 Å². The van der Waals surface area contributed by atoms with Crippen molar-refractivity contribution in [2.45, 2.75) is 0 Å². The Balaban J connectivity index is 2.40. The molecule has 0 radical (unpaired) electrons. The summed E-state index contributed by atoms with van der Waals surface area (Å²) in [6, 6.07) is 20.1. The van der Waals surface area contributed by atoms with Crippen molar-refractivity contribution in [1.82, 2.24) is 0 Å². The van der Waals surface area contributed by atoms with E-state index in [4.69, 9.17) is 1.37 Å². The van der Waals surface area contributed by atoms with Gasteiger partial charge in [-0.25, -0.2) is 0 Å². The van der Waals surface area contributed by atoms with Crippen LogP contribution in [-0.4, -0.2) is 5.31 Å². The van der Waals surface area contributed by atoms with E-state index in [1.807, 2.05) is 66.7 Å². The Labute approximate surface area is 106 Å². The van der Waals surface area contributed by atoms with Crippen molar-refractivity contribution in [2.75, 3.05) is 5.31 Å². The zero-order valence-electron chi connectivity index (χ0n) is 9.81. The Bertz CT molecular complexity index is 489. The number of hydrogen-bond donors (Lipinski definition) is 0. The zero-order chi connectivity index (χ0) is 12.1. The predicted molar refractivity (Wildman–Crippen MR) is 74.5 cm³/mol. The van der Waals surface area contributed by atoms with Gasteiger partial charge in [0.05, 0.1) is 0 Å². The third-order valence-electron chi connectivity index (χ3n) is 2.35. The molecule has 0 bridgehead atoms. The van der Waals surface area contributed by atoms with E-state index < -0.39 is 5.31 Å². The summed E-state index contributed by atoms with van der Waals surface area (Å²) in [7, 11) is 0. The van der Waals surface area contributed by atoms with Crippen LogP contribution in [0.1, 0.15) is 12.5 Å². The van der Waals surface area contributed by atoms with Gasteiger partial charge < -0.3 is 0 Å². The van der Waals surface area contributed by atoms with Crippen molar-refractivity contribution in [2.24, 2.45) is 0 Å². The fourth-order valence-electron chi connectivity index (χ4n) is 1.54. The van der Waals surface area contributed by atoms with Gasteiger partial charge in [0.2, 0.25) is 0 Å². The summed E-state index contributed by atoms with van der Waals surface area (Å²) < 4.78 is 7.87. The van der Waals surface area contributed by atoms with Crippen molar-refractivity contribution in [3.05, 3.63) is 71.8 Å². The highest BCUT2D eigenvalue weighted by molar-refractivity contribution is 9.09. The Morgan fingerprint density at radius 1 is 1.00 bits per heavy atom. The van der Waals surface area contributed by atoms with Crippen molar-refractivity contribution >= 4 is 27.6 Å². The van der Waals surface area contributed by atoms with E-state index in [1.165, 1.54) is 0 Å². The number of allylic oxidation sites excluding steroid dienone is 1. The summed E-state index contributed by atoms with van der Waals surface area (Å²) in [5, 5.41) is -0.412. The SMILES string of the molecule is [2H][C@@H](Br)/C(=C/c1ccccc1)c1ccccc1. The average Bonchev–Trinajstić information content (AvgIpc) is 2.38. The molecule has 2 aromatic carbocycles. The minimum absolute atomic E-state index is 0.412. The lowest BCUT2D eigenvalue weighted by Gasteiger charge is -2.04. The molecule has 0 spiro atoms. The number of alkyl halides is 1. The van der Waals surface area contributed by atoms with Crippen LogP contribution in [0.4, 0.5) is 0 Å². The Morgan fingerprint density at radius 2 is 1.56 bits per heavy atom. The maximum absolute atomic E-state index is 7.87. The number of halogens is 1. The number of benzene rings is 2. The van der Waals surface area contributed by atoms with E-state index in [-0.39, 0.29) is 0 Å². The molecule has 0 aliphatic rings. The quantitative estimate of drug-likeness (QED) is 0.565. The zero-order valence-corrected chi connectivity index (χ0v) is 10.4. The van der Waals surface area contributed by atoms with Gasteiger partial charge in [0.1, 0.15) is 0 Å². The monoisotopic (exact) mass is 273 g/mol. The van der Waals surface area contributed by atoms with E-state index in [2.05, 4.69) is 15.9 Å². The van der Waals surface area contributed by atoms with Crippen molar-refractivity contribution in [1.29, 1.82) is 0 Å². The highest BCUT2D eigenvalue weighted by Gasteiger charge is 1.98. The average molecular weight is 274 g/mol. The normalized spacial score (nSPS) is 14.3. The number of hydrogen-bond acceptors (Lipinski definition) is 0. The molecule has 0 heterocycles. The second-order valence-electron chi connectivity index (χ2n) is 3.49. The molecule has 0 fully saturated rings. The molecular formula is C15H13Br. The summed E-state index contributed by atoms with van der Waals surface area (Å²) in [4.78, 5) is 0. The maximum Gasteiger partial charge on any atom is 0.0437 e. The maximum atomic E-state index is 7.87. The molecule has 0 aliphatic carbocycles. The number of rotatable bonds is 3. The summed E-state index contributed by atoms with van der Waals surface area (Å²) in [5.74, 6) is 0. The topological polar surface area (TPSA) is 0 Å².